The van der Waals surface area contributed by atoms with Gasteiger partial charge in [-0.15, -0.1) is 0 Å². The number of carbonyl (C=O) groups is 4. The number of hydrogen-bond donors (Lipinski definition) is 2. The fraction of sp³-hybridized carbons (Fsp3) is 0.120. The second kappa shape index (κ2) is 9.07. The predicted octanol–water partition coefficient (Wildman–Crippen LogP) is 4.02. The van der Waals surface area contributed by atoms with E-state index in [0.29, 0.717) is 29.2 Å². The molecule has 3 aromatic rings. The number of benzene rings is 2. The summed E-state index contributed by atoms with van der Waals surface area (Å²) in [6.45, 7) is 3.97. The van der Waals surface area contributed by atoms with Gasteiger partial charge in [-0.05, 0) is 61.9 Å². The number of carboxylic acids is 1. The lowest BCUT2D eigenvalue weighted by molar-refractivity contribution is -0.122. The second-order valence-electron chi connectivity index (χ2n) is 7.43. The molecule has 0 unspecified atom stereocenters. The lowest BCUT2D eigenvalue weighted by atomic mass is 10.0. The smallest absolute Gasteiger partial charge is 0.335 e. The molecule has 0 saturated carbocycles. The largest absolute Gasteiger partial charge is 0.494 e. The highest BCUT2D eigenvalue weighted by Gasteiger charge is 2.37. The monoisotopic (exact) mass is 460 g/mol. The van der Waals surface area contributed by atoms with Crippen LogP contribution in [0.3, 0.4) is 0 Å². The number of urea groups is 1. The number of furan rings is 1. The molecule has 1 aromatic heterocycles. The molecular formula is C25H20N2O7. The van der Waals surface area contributed by atoms with Crippen LogP contribution in [0.1, 0.15) is 28.6 Å². The molecule has 1 aliphatic rings. The average Bonchev–Trinajstić information content (AvgIpc) is 3.25. The molecule has 9 nitrogen and oxygen atoms in total. The number of amides is 4. The van der Waals surface area contributed by atoms with Gasteiger partial charge in [-0.25, -0.2) is 14.5 Å². The molecule has 0 aliphatic carbocycles. The van der Waals surface area contributed by atoms with Crippen molar-refractivity contribution in [3.8, 4) is 17.1 Å². The van der Waals surface area contributed by atoms with E-state index in [0.717, 1.165) is 4.90 Å². The van der Waals surface area contributed by atoms with E-state index in [2.05, 4.69) is 5.32 Å². The Morgan fingerprint density at radius 3 is 2.62 bits per heavy atom. The summed E-state index contributed by atoms with van der Waals surface area (Å²) >= 11 is 0. The molecule has 2 N–H and O–H groups in total. The van der Waals surface area contributed by atoms with E-state index in [9.17, 15) is 19.2 Å². The van der Waals surface area contributed by atoms with Crippen molar-refractivity contribution in [2.24, 2.45) is 0 Å². The maximum Gasteiger partial charge on any atom is 0.335 e. The van der Waals surface area contributed by atoms with Crippen molar-refractivity contribution in [3.05, 3.63) is 77.1 Å². The van der Waals surface area contributed by atoms with Gasteiger partial charge in [0.25, 0.3) is 11.8 Å². The third kappa shape index (κ3) is 4.31. The van der Waals surface area contributed by atoms with Crippen molar-refractivity contribution in [1.29, 1.82) is 0 Å². The first-order valence-electron chi connectivity index (χ1n) is 10.4. The minimum Gasteiger partial charge on any atom is -0.494 e. The maximum atomic E-state index is 13.1. The molecule has 4 rings (SSSR count). The van der Waals surface area contributed by atoms with Crippen LogP contribution in [-0.2, 0) is 9.59 Å². The standard InChI is InChI=1S/C25H20N2O7/c1-3-33-17-6-4-5-16(12-17)27-23(29)20(22(28)26-25(27)32)13-18-8-10-21(34-18)19-9-7-15(24(30)31)11-14(19)2/h4-13H,3H2,1-2H3,(H,30,31)(H,26,28,32)/b20-13+. The van der Waals surface area contributed by atoms with Crippen molar-refractivity contribution in [1.82, 2.24) is 5.32 Å². The molecule has 0 radical (unpaired) electrons. The van der Waals surface area contributed by atoms with Gasteiger partial charge in [0.05, 0.1) is 17.9 Å². The van der Waals surface area contributed by atoms with Crippen LogP contribution >= 0.6 is 0 Å². The molecular weight excluding hydrogens is 440 g/mol. The molecule has 1 aliphatic heterocycles. The first kappa shape index (κ1) is 22.5. The van der Waals surface area contributed by atoms with Gasteiger partial charge in [0.1, 0.15) is 22.8 Å². The van der Waals surface area contributed by atoms with Gasteiger partial charge in [0.15, 0.2) is 0 Å². The van der Waals surface area contributed by atoms with E-state index in [4.69, 9.17) is 14.3 Å². The van der Waals surface area contributed by atoms with Crippen molar-refractivity contribution >= 4 is 35.6 Å². The number of carboxylic acid groups (broad SMARTS) is 1. The molecule has 1 saturated heterocycles. The molecule has 172 valence electrons. The fourth-order valence-electron chi connectivity index (χ4n) is 3.56. The lowest BCUT2D eigenvalue weighted by Crippen LogP contribution is -2.54. The van der Waals surface area contributed by atoms with E-state index < -0.39 is 23.8 Å². The van der Waals surface area contributed by atoms with Crippen LogP contribution < -0.4 is 15.0 Å². The summed E-state index contributed by atoms with van der Waals surface area (Å²) in [6, 6.07) is 13.4. The van der Waals surface area contributed by atoms with Crippen LogP contribution in [0, 0.1) is 6.92 Å². The van der Waals surface area contributed by atoms with E-state index in [-0.39, 0.29) is 22.6 Å². The van der Waals surface area contributed by atoms with Crippen LogP contribution in [0.4, 0.5) is 10.5 Å². The van der Waals surface area contributed by atoms with E-state index in [1.807, 2.05) is 6.92 Å². The highest BCUT2D eigenvalue weighted by molar-refractivity contribution is 6.39. The Kier molecular flexibility index (Phi) is 6.01. The van der Waals surface area contributed by atoms with Crippen molar-refractivity contribution < 1.29 is 33.4 Å². The van der Waals surface area contributed by atoms with Crippen LogP contribution in [0.25, 0.3) is 17.4 Å². The molecule has 0 spiro atoms. The van der Waals surface area contributed by atoms with Gasteiger partial charge in [-0.1, -0.05) is 12.1 Å². The zero-order valence-corrected chi connectivity index (χ0v) is 18.3. The Morgan fingerprint density at radius 2 is 1.91 bits per heavy atom. The topological polar surface area (TPSA) is 126 Å². The van der Waals surface area contributed by atoms with Gasteiger partial charge in [0, 0.05) is 11.6 Å². The van der Waals surface area contributed by atoms with Crippen molar-refractivity contribution in [3.63, 3.8) is 0 Å². The van der Waals surface area contributed by atoms with Crippen LogP contribution in [-0.4, -0.2) is 35.5 Å². The lowest BCUT2D eigenvalue weighted by Gasteiger charge is -2.26. The molecule has 2 aromatic carbocycles. The highest BCUT2D eigenvalue weighted by Crippen LogP contribution is 2.29. The Balaban J connectivity index is 1.65. The minimum atomic E-state index is -1.03. The number of hydrogen-bond acceptors (Lipinski definition) is 6. The van der Waals surface area contributed by atoms with Crippen molar-refractivity contribution in [2.45, 2.75) is 13.8 Å². The zero-order valence-electron chi connectivity index (χ0n) is 18.3. The van der Waals surface area contributed by atoms with Crippen LogP contribution in [0.15, 0.2) is 64.6 Å². The summed E-state index contributed by atoms with van der Waals surface area (Å²) < 4.78 is 11.2. The number of imide groups is 2. The Hall–Kier alpha value is -4.66. The molecule has 2 heterocycles. The Morgan fingerprint density at radius 1 is 1.12 bits per heavy atom. The fourth-order valence-corrected chi connectivity index (χ4v) is 3.56. The molecule has 34 heavy (non-hydrogen) atoms. The molecule has 4 amide bonds. The Bertz CT molecular complexity index is 1350. The maximum absolute atomic E-state index is 13.1. The number of ether oxygens (including phenoxy) is 1. The first-order chi connectivity index (χ1) is 16.3. The van der Waals surface area contributed by atoms with E-state index in [1.165, 1.54) is 24.3 Å². The number of rotatable bonds is 6. The average molecular weight is 460 g/mol. The summed E-state index contributed by atoms with van der Waals surface area (Å²) in [6.07, 6.45) is 1.26. The first-order valence-corrected chi connectivity index (χ1v) is 10.4. The minimum absolute atomic E-state index is 0.151. The summed E-state index contributed by atoms with van der Waals surface area (Å²) in [4.78, 5) is 50.0. The summed E-state index contributed by atoms with van der Waals surface area (Å²) in [5, 5.41) is 11.3. The number of barbiturate groups is 1. The number of carbonyl (C=O) groups excluding carboxylic acids is 3. The van der Waals surface area contributed by atoms with E-state index in [1.54, 1.807) is 43.3 Å². The van der Waals surface area contributed by atoms with Gasteiger partial charge < -0.3 is 14.3 Å². The normalized spacial score (nSPS) is 14.9. The summed E-state index contributed by atoms with van der Waals surface area (Å²) in [7, 11) is 0. The number of aryl methyl sites for hydroxylation is 1. The SMILES string of the molecule is CCOc1cccc(N2C(=O)NC(=O)/C(=C\c3ccc(-c4ccc(C(=O)O)cc4C)o3)C2=O)c1. The quantitative estimate of drug-likeness (QED) is 0.420. The zero-order chi connectivity index (χ0) is 24.4. The van der Waals surface area contributed by atoms with Crippen LogP contribution in [0.5, 0.6) is 5.75 Å². The third-order valence-corrected chi connectivity index (χ3v) is 5.14. The number of aromatic carboxylic acids is 1. The predicted molar refractivity (Wildman–Crippen MR) is 122 cm³/mol. The van der Waals surface area contributed by atoms with Gasteiger partial charge in [0.2, 0.25) is 0 Å². The second-order valence-corrected chi connectivity index (χ2v) is 7.43. The van der Waals surface area contributed by atoms with E-state index >= 15 is 0 Å². The van der Waals surface area contributed by atoms with Gasteiger partial charge in [-0.2, -0.15) is 0 Å². The van der Waals surface area contributed by atoms with Gasteiger partial charge >= 0.3 is 12.0 Å². The number of anilines is 1. The summed E-state index contributed by atoms with van der Waals surface area (Å²) in [5.74, 6) is -1.56. The van der Waals surface area contributed by atoms with Gasteiger partial charge in [-0.3, -0.25) is 14.9 Å². The highest BCUT2D eigenvalue weighted by atomic mass is 16.5. The molecule has 9 heteroatoms. The molecule has 0 bridgehead atoms. The molecule has 1 fully saturated rings. The number of nitrogens with zero attached hydrogens (tertiary/aromatic N) is 1. The molecule has 0 atom stereocenters. The van der Waals surface area contributed by atoms with Crippen molar-refractivity contribution in [2.75, 3.05) is 11.5 Å². The number of nitrogens with one attached hydrogen (secondary N) is 1. The third-order valence-electron chi connectivity index (χ3n) is 5.14. The Labute approximate surface area is 194 Å². The summed E-state index contributed by atoms with van der Waals surface area (Å²) in [5.41, 5.74) is 1.48. The van der Waals surface area contributed by atoms with Crippen LogP contribution in [0.2, 0.25) is 0 Å².